The molecule has 0 amide bonds. The minimum atomic E-state index is -0.742. The Bertz CT molecular complexity index is 392. The van der Waals surface area contributed by atoms with Crippen molar-refractivity contribution in [3.8, 4) is 0 Å². The number of hydrogen-bond donors (Lipinski definition) is 1. The Hall–Kier alpha value is -1.31. The van der Waals surface area contributed by atoms with E-state index in [1.165, 1.54) is 11.1 Å². The molecular formula is C14H20O2. The van der Waals surface area contributed by atoms with Crippen LogP contribution in [0.2, 0.25) is 0 Å². The van der Waals surface area contributed by atoms with Gasteiger partial charge in [0.25, 0.3) is 0 Å². The van der Waals surface area contributed by atoms with Gasteiger partial charge in [-0.15, -0.1) is 0 Å². The number of benzene rings is 1. The van der Waals surface area contributed by atoms with Gasteiger partial charge in [0.05, 0.1) is 6.42 Å². The summed E-state index contributed by atoms with van der Waals surface area (Å²) in [4.78, 5) is 10.9. The van der Waals surface area contributed by atoms with E-state index in [1.54, 1.807) is 0 Å². The molecule has 0 heterocycles. The molecule has 1 aromatic rings. The Balaban J connectivity index is 3.18. The van der Waals surface area contributed by atoms with Crippen molar-refractivity contribution in [1.29, 1.82) is 0 Å². The van der Waals surface area contributed by atoms with Gasteiger partial charge in [0, 0.05) is 5.41 Å². The normalized spacial score (nSPS) is 11.5. The largest absolute Gasteiger partial charge is 0.481 e. The highest BCUT2D eigenvalue weighted by atomic mass is 16.4. The minimum absolute atomic E-state index is 0.170. The van der Waals surface area contributed by atoms with Gasteiger partial charge in [-0.1, -0.05) is 44.5 Å². The van der Waals surface area contributed by atoms with Crippen LogP contribution in [0.3, 0.4) is 0 Å². The molecule has 16 heavy (non-hydrogen) atoms. The second-order valence-electron chi connectivity index (χ2n) is 4.97. The highest BCUT2D eigenvalue weighted by Gasteiger charge is 2.26. The lowest BCUT2D eigenvalue weighted by molar-refractivity contribution is -0.138. The van der Waals surface area contributed by atoms with E-state index in [2.05, 4.69) is 25.1 Å². The lowest BCUT2D eigenvalue weighted by Gasteiger charge is -2.26. The first-order valence-electron chi connectivity index (χ1n) is 5.68. The number of aryl methyl sites for hydroxylation is 2. The standard InChI is InChI=1S/C14H20O2/c1-5-11-7-6-10(2)8-12(11)14(3,4)9-13(15)16/h6-8H,5,9H2,1-4H3,(H,15,16). The summed E-state index contributed by atoms with van der Waals surface area (Å²) in [6.45, 7) is 8.13. The molecule has 1 rings (SSSR count). The van der Waals surface area contributed by atoms with E-state index in [0.717, 1.165) is 12.0 Å². The fourth-order valence-electron chi connectivity index (χ4n) is 2.10. The summed E-state index contributed by atoms with van der Waals surface area (Å²) in [6, 6.07) is 6.30. The third-order valence-electron chi connectivity index (χ3n) is 2.97. The van der Waals surface area contributed by atoms with E-state index in [-0.39, 0.29) is 11.8 Å². The van der Waals surface area contributed by atoms with Crippen LogP contribution < -0.4 is 0 Å². The first-order chi connectivity index (χ1) is 7.36. The van der Waals surface area contributed by atoms with Gasteiger partial charge in [0.1, 0.15) is 0 Å². The van der Waals surface area contributed by atoms with Crippen molar-refractivity contribution < 1.29 is 9.90 Å². The average Bonchev–Trinajstić information content (AvgIpc) is 2.15. The van der Waals surface area contributed by atoms with Crippen LogP contribution in [-0.2, 0) is 16.6 Å². The minimum Gasteiger partial charge on any atom is -0.481 e. The highest BCUT2D eigenvalue weighted by Crippen LogP contribution is 2.31. The van der Waals surface area contributed by atoms with Gasteiger partial charge in [-0.25, -0.2) is 0 Å². The monoisotopic (exact) mass is 220 g/mol. The zero-order valence-electron chi connectivity index (χ0n) is 10.5. The zero-order valence-corrected chi connectivity index (χ0v) is 10.5. The molecule has 0 bridgehead atoms. The average molecular weight is 220 g/mol. The molecule has 0 radical (unpaired) electrons. The molecule has 0 unspecified atom stereocenters. The Kier molecular flexibility index (Phi) is 3.74. The quantitative estimate of drug-likeness (QED) is 0.845. The Morgan fingerprint density at radius 3 is 2.50 bits per heavy atom. The van der Waals surface area contributed by atoms with E-state index >= 15 is 0 Å². The molecule has 0 aliphatic carbocycles. The number of carbonyl (C=O) groups is 1. The second-order valence-corrected chi connectivity index (χ2v) is 4.97. The van der Waals surface area contributed by atoms with Crippen LogP contribution in [0.15, 0.2) is 18.2 Å². The zero-order chi connectivity index (χ0) is 12.3. The van der Waals surface area contributed by atoms with Gasteiger partial charge in [0.15, 0.2) is 0 Å². The predicted molar refractivity (Wildman–Crippen MR) is 65.8 cm³/mol. The molecule has 0 aliphatic rings. The topological polar surface area (TPSA) is 37.3 Å². The lowest BCUT2D eigenvalue weighted by Crippen LogP contribution is -2.23. The first-order valence-corrected chi connectivity index (χ1v) is 5.68. The maximum Gasteiger partial charge on any atom is 0.304 e. The van der Waals surface area contributed by atoms with Crippen molar-refractivity contribution in [3.05, 3.63) is 34.9 Å². The highest BCUT2D eigenvalue weighted by molar-refractivity contribution is 5.69. The summed E-state index contributed by atoms with van der Waals surface area (Å²) < 4.78 is 0. The summed E-state index contributed by atoms with van der Waals surface area (Å²) in [6.07, 6.45) is 1.11. The molecule has 0 fully saturated rings. The van der Waals surface area contributed by atoms with Gasteiger partial charge < -0.3 is 5.11 Å². The smallest absolute Gasteiger partial charge is 0.304 e. The van der Waals surface area contributed by atoms with Crippen LogP contribution in [0.4, 0.5) is 0 Å². The van der Waals surface area contributed by atoms with Crippen LogP contribution in [0.1, 0.15) is 43.9 Å². The van der Waals surface area contributed by atoms with Gasteiger partial charge in [-0.2, -0.15) is 0 Å². The number of hydrogen-bond acceptors (Lipinski definition) is 1. The summed E-state index contributed by atoms with van der Waals surface area (Å²) >= 11 is 0. The maximum atomic E-state index is 10.9. The fourth-order valence-corrected chi connectivity index (χ4v) is 2.10. The van der Waals surface area contributed by atoms with Crippen LogP contribution in [0.5, 0.6) is 0 Å². The maximum absolute atomic E-state index is 10.9. The summed E-state index contributed by atoms with van der Waals surface area (Å²) in [5.74, 6) is -0.742. The molecule has 0 aromatic heterocycles. The Labute approximate surface area is 97.3 Å². The summed E-state index contributed by atoms with van der Waals surface area (Å²) in [5, 5.41) is 8.94. The van der Waals surface area contributed by atoms with Crippen molar-refractivity contribution >= 4 is 5.97 Å². The molecule has 1 N–H and O–H groups in total. The molecule has 0 saturated carbocycles. The van der Waals surface area contributed by atoms with E-state index in [0.29, 0.717) is 0 Å². The fraction of sp³-hybridized carbons (Fsp3) is 0.500. The molecule has 1 aromatic carbocycles. The third kappa shape index (κ3) is 2.84. The number of rotatable bonds is 4. The van der Waals surface area contributed by atoms with E-state index in [4.69, 9.17) is 5.11 Å². The molecule has 0 atom stereocenters. The molecule has 0 saturated heterocycles. The summed E-state index contributed by atoms with van der Waals surface area (Å²) in [5.41, 5.74) is 3.29. The SMILES string of the molecule is CCc1ccc(C)cc1C(C)(C)CC(=O)O. The van der Waals surface area contributed by atoms with Gasteiger partial charge in [-0.05, 0) is 24.5 Å². The summed E-state index contributed by atoms with van der Waals surface area (Å²) in [7, 11) is 0. The van der Waals surface area contributed by atoms with Gasteiger partial charge in [0.2, 0.25) is 0 Å². The van der Waals surface area contributed by atoms with Crippen molar-refractivity contribution in [2.45, 2.75) is 46.0 Å². The van der Waals surface area contributed by atoms with Crippen molar-refractivity contribution in [2.24, 2.45) is 0 Å². The molecule has 2 nitrogen and oxygen atoms in total. The van der Waals surface area contributed by atoms with Crippen molar-refractivity contribution in [2.75, 3.05) is 0 Å². The van der Waals surface area contributed by atoms with E-state index in [9.17, 15) is 4.79 Å². The molecule has 0 aliphatic heterocycles. The number of carboxylic acids is 1. The van der Waals surface area contributed by atoms with Crippen LogP contribution >= 0.6 is 0 Å². The molecule has 88 valence electrons. The Morgan fingerprint density at radius 2 is 2.00 bits per heavy atom. The molecular weight excluding hydrogens is 200 g/mol. The van der Waals surface area contributed by atoms with Crippen molar-refractivity contribution in [3.63, 3.8) is 0 Å². The number of carboxylic acid groups (broad SMARTS) is 1. The number of aliphatic carboxylic acids is 1. The molecule has 0 spiro atoms. The van der Waals surface area contributed by atoms with Crippen LogP contribution in [0.25, 0.3) is 0 Å². The Morgan fingerprint density at radius 1 is 1.38 bits per heavy atom. The molecule has 2 heteroatoms. The third-order valence-corrected chi connectivity index (χ3v) is 2.97. The van der Waals surface area contributed by atoms with Crippen LogP contribution in [0, 0.1) is 6.92 Å². The second kappa shape index (κ2) is 4.69. The predicted octanol–water partition coefficient (Wildman–Crippen LogP) is 3.31. The van der Waals surface area contributed by atoms with E-state index in [1.807, 2.05) is 20.8 Å². The van der Waals surface area contributed by atoms with Crippen LogP contribution in [-0.4, -0.2) is 11.1 Å². The first kappa shape index (κ1) is 12.8. The lowest BCUT2D eigenvalue weighted by atomic mass is 9.78. The van der Waals surface area contributed by atoms with Crippen molar-refractivity contribution in [1.82, 2.24) is 0 Å². The van der Waals surface area contributed by atoms with Gasteiger partial charge in [-0.3, -0.25) is 4.79 Å². The van der Waals surface area contributed by atoms with Gasteiger partial charge >= 0.3 is 5.97 Å². The van der Waals surface area contributed by atoms with E-state index < -0.39 is 5.97 Å².